The van der Waals surface area contributed by atoms with Gasteiger partial charge >= 0.3 is 0 Å². The molecule has 2 heterocycles. The lowest BCUT2D eigenvalue weighted by atomic mass is 9.98. The van der Waals surface area contributed by atoms with E-state index in [1.807, 2.05) is 54.6 Å². The molecule has 0 aromatic heterocycles. The number of hydrogen-bond acceptors (Lipinski definition) is 6. The molecule has 2 aliphatic rings. The Morgan fingerprint density at radius 1 is 0.973 bits per heavy atom. The Hall–Kier alpha value is -3.63. The SMILES string of the molecule is COc1ccc(OC)c(SCc2ccc(C(=O)N3C4CCC3CC(Oc3cccc(C#N)c3)C4)cc2)c1. The van der Waals surface area contributed by atoms with E-state index in [1.54, 1.807) is 38.1 Å². The molecule has 190 valence electrons. The van der Waals surface area contributed by atoms with Crippen molar-refractivity contribution in [3.05, 3.63) is 83.4 Å². The van der Waals surface area contributed by atoms with E-state index in [9.17, 15) is 4.79 Å². The van der Waals surface area contributed by atoms with Gasteiger partial charge in [-0.1, -0.05) is 18.2 Å². The van der Waals surface area contributed by atoms with E-state index in [4.69, 9.17) is 19.5 Å². The van der Waals surface area contributed by atoms with Crippen LogP contribution >= 0.6 is 11.8 Å². The lowest BCUT2D eigenvalue weighted by Crippen LogP contribution is -2.49. The third-order valence-electron chi connectivity index (χ3n) is 7.16. The second-order valence-electron chi connectivity index (χ2n) is 9.45. The van der Waals surface area contributed by atoms with Crippen molar-refractivity contribution in [2.75, 3.05) is 14.2 Å². The van der Waals surface area contributed by atoms with Gasteiger partial charge in [0.15, 0.2) is 0 Å². The topological polar surface area (TPSA) is 71.8 Å². The summed E-state index contributed by atoms with van der Waals surface area (Å²) >= 11 is 1.68. The number of amides is 1. The second kappa shape index (κ2) is 11.2. The first kappa shape index (κ1) is 25.0. The van der Waals surface area contributed by atoms with Crippen LogP contribution in [0.4, 0.5) is 0 Å². The molecule has 2 unspecified atom stereocenters. The third kappa shape index (κ3) is 5.55. The normalized spacial score (nSPS) is 20.2. The molecule has 0 radical (unpaired) electrons. The number of fused-ring (bicyclic) bond motifs is 2. The Bertz CT molecular complexity index is 1290. The maximum Gasteiger partial charge on any atom is 0.254 e. The van der Waals surface area contributed by atoms with Crippen LogP contribution in [0, 0.1) is 11.3 Å². The Labute approximate surface area is 222 Å². The first-order valence-electron chi connectivity index (χ1n) is 12.5. The maximum atomic E-state index is 13.5. The number of benzene rings is 3. The van der Waals surface area contributed by atoms with Crippen molar-refractivity contribution in [3.8, 4) is 23.3 Å². The van der Waals surface area contributed by atoms with Crippen molar-refractivity contribution in [2.45, 2.75) is 54.5 Å². The van der Waals surface area contributed by atoms with Gasteiger partial charge < -0.3 is 19.1 Å². The van der Waals surface area contributed by atoms with Gasteiger partial charge in [0.25, 0.3) is 5.91 Å². The molecular formula is C30H30N2O4S. The number of thioether (sulfide) groups is 1. The average Bonchev–Trinajstić information content (AvgIpc) is 3.21. The fourth-order valence-corrected chi connectivity index (χ4v) is 6.34. The summed E-state index contributed by atoms with van der Waals surface area (Å²) in [6.45, 7) is 0. The highest BCUT2D eigenvalue weighted by atomic mass is 32.2. The van der Waals surface area contributed by atoms with Gasteiger partial charge in [-0.05, 0) is 66.9 Å². The van der Waals surface area contributed by atoms with Gasteiger partial charge in [-0.3, -0.25) is 4.79 Å². The van der Waals surface area contributed by atoms with Crippen molar-refractivity contribution in [2.24, 2.45) is 0 Å². The summed E-state index contributed by atoms with van der Waals surface area (Å²) in [5.74, 6) is 3.20. The van der Waals surface area contributed by atoms with Crippen molar-refractivity contribution >= 4 is 17.7 Å². The van der Waals surface area contributed by atoms with Crippen LogP contribution in [0.15, 0.2) is 71.6 Å². The van der Waals surface area contributed by atoms with Crippen LogP contribution < -0.4 is 14.2 Å². The van der Waals surface area contributed by atoms with Gasteiger partial charge in [0.2, 0.25) is 0 Å². The van der Waals surface area contributed by atoms with E-state index < -0.39 is 0 Å². The van der Waals surface area contributed by atoms with Crippen LogP contribution in [-0.4, -0.2) is 43.2 Å². The molecule has 7 heteroatoms. The van der Waals surface area contributed by atoms with Gasteiger partial charge in [0, 0.05) is 36.2 Å². The number of methoxy groups -OCH3 is 2. The molecule has 3 aromatic rings. The molecule has 2 fully saturated rings. The van der Waals surface area contributed by atoms with Crippen LogP contribution in [0.2, 0.25) is 0 Å². The number of piperidine rings is 1. The lowest BCUT2D eigenvalue weighted by Gasteiger charge is -2.39. The van der Waals surface area contributed by atoms with Crippen molar-refractivity contribution < 1.29 is 19.0 Å². The summed E-state index contributed by atoms with van der Waals surface area (Å²) < 4.78 is 17.0. The molecule has 6 nitrogen and oxygen atoms in total. The quantitative estimate of drug-likeness (QED) is 0.339. The van der Waals surface area contributed by atoms with Gasteiger partial charge in [-0.25, -0.2) is 0 Å². The number of carbonyl (C=O) groups excluding carboxylic acids is 1. The minimum absolute atomic E-state index is 0.0588. The predicted octanol–water partition coefficient (Wildman–Crippen LogP) is 6.08. The monoisotopic (exact) mass is 514 g/mol. The molecule has 5 rings (SSSR count). The fourth-order valence-electron chi connectivity index (χ4n) is 5.34. The van der Waals surface area contributed by atoms with Crippen LogP contribution in [0.1, 0.15) is 47.2 Å². The average molecular weight is 515 g/mol. The molecule has 2 saturated heterocycles. The molecule has 2 aliphatic heterocycles. The number of ether oxygens (including phenoxy) is 3. The van der Waals surface area contributed by atoms with Crippen LogP contribution in [0.5, 0.6) is 17.2 Å². The van der Waals surface area contributed by atoms with Crippen molar-refractivity contribution in [3.63, 3.8) is 0 Å². The molecule has 0 aliphatic carbocycles. The highest BCUT2D eigenvalue weighted by Crippen LogP contribution is 2.39. The summed E-state index contributed by atoms with van der Waals surface area (Å²) in [5.41, 5.74) is 2.46. The lowest BCUT2D eigenvalue weighted by molar-refractivity contribution is 0.0359. The van der Waals surface area contributed by atoms with E-state index in [0.29, 0.717) is 5.56 Å². The summed E-state index contributed by atoms with van der Waals surface area (Å²) in [6, 6.07) is 23.6. The Morgan fingerprint density at radius 2 is 1.73 bits per heavy atom. The van der Waals surface area contributed by atoms with Gasteiger partial charge in [0.1, 0.15) is 23.4 Å². The zero-order chi connectivity index (χ0) is 25.8. The second-order valence-corrected chi connectivity index (χ2v) is 10.5. The van der Waals surface area contributed by atoms with Crippen LogP contribution in [0.25, 0.3) is 0 Å². The molecule has 0 saturated carbocycles. The Balaban J connectivity index is 1.20. The summed E-state index contributed by atoms with van der Waals surface area (Å²) in [5, 5.41) is 9.15. The first-order valence-corrected chi connectivity index (χ1v) is 13.5. The number of carbonyl (C=O) groups is 1. The van der Waals surface area contributed by atoms with Crippen LogP contribution in [0.3, 0.4) is 0 Å². The summed E-state index contributed by atoms with van der Waals surface area (Å²) in [4.78, 5) is 16.6. The zero-order valence-electron chi connectivity index (χ0n) is 21.1. The number of nitrogens with zero attached hydrogens (tertiary/aromatic N) is 2. The van der Waals surface area contributed by atoms with Crippen LogP contribution in [-0.2, 0) is 5.75 Å². The van der Waals surface area contributed by atoms with Crippen molar-refractivity contribution in [1.29, 1.82) is 5.26 Å². The number of rotatable bonds is 8. The molecule has 0 N–H and O–H groups in total. The van der Waals surface area contributed by atoms with E-state index in [1.165, 1.54) is 0 Å². The minimum Gasteiger partial charge on any atom is -0.497 e. The van der Waals surface area contributed by atoms with E-state index >= 15 is 0 Å². The molecule has 2 bridgehead atoms. The highest BCUT2D eigenvalue weighted by molar-refractivity contribution is 7.98. The smallest absolute Gasteiger partial charge is 0.254 e. The predicted molar refractivity (Wildman–Crippen MR) is 143 cm³/mol. The molecular weight excluding hydrogens is 484 g/mol. The summed E-state index contributed by atoms with van der Waals surface area (Å²) in [6.07, 6.45) is 3.70. The standard InChI is InChI=1S/C30H30N2O4S/c1-34-25-12-13-28(35-2)29(17-25)37-19-20-6-8-22(9-7-20)30(33)32-23-10-11-24(32)16-27(15-23)36-26-5-3-4-21(14-26)18-31/h3-9,12-14,17,23-24,27H,10-11,15-16,19H2,1-2H3. The van der Waals surface area contributed by atoms with E-state index in [2.05, 4.69) is 11.0 Å². The Kier molecular flexibility index (Phi) is 7.57. The molecule has 3 aromatic carbocycles. The van der Waals surface area contributed by atoms with Gasteiger partial charge in [-0.2, -0.15) is 5.26 Å². The fraction of sp³-hybridized carbons (Fsp3) is 0.333. The third-order valence-corrected chi connectivity index (χ3v) is 8.26. The zero-order valence-corrected chi connectivity index (χ0v) is 21.9. The summed E-state index contributed by atoms with van der Waals surface area (Å²) in [7, 11) is 3.32. The van der Waals surface area contributed by atoms with Gasteiger partial charge in [0.05, 0.1) is 30.7 Å². The minimum atomic E-state index is 0.0588. The maximum absolute atomic E-state index is 13.5. The van der Waals surface area contributed by atoms with Crippen molar-refractivity contribution in [1.82, 2.24) is 4.90 Å². The molecule has 0 spiro atoms. The van der Waals surface area contributed by atoms with E-state index in [-0.39, 0.29) is 24.1 Å². The number of hydrogen-bond donors (Lipinski definition) is 0. The molecule has 1 amide bonds. The molecule has 2 atom stereocenters. The van der Waals surface area contributed by atoms with Gasteiger partial charge in [-0.15, -0.1) is 11.8 Å². The van der Waals surface area contributed by atoms with E-state index in [0.717, 1.165) is 64.7 Å². The highest BCUT2D eigenvalue weighted by Gasteiger charge is 2.44. The molecule has 37 heavy (non-hydrogen) atoms. The Morgan fingerprint density at radius 3 is 2.41 bits per heavy atom. The first-order chi connectivity index (χ1) is 18.1. The largest absolute Gasteiger partial charge is 0.497 e. The number of nitriles is 1.